The van der Waals surface area contributed by atoms with E-state index < -0.39 is 23.5 Å². The van der Waals surface area contributed by atoms with Gasteiger partial charge in [-0.2, -0.15) is 0 Å². The summed E-state index contributed by atoms with van der Waals surface area (Å²) >= 11 is 0. The van der Waals surface area contributed by atoms with Crippen molar-refractivity contribution in [3.8, 4) is 0 Å². The standard InChI is InChI=1S/C14H22O4/c1-13(2,3)9-5-7-14(8-6-9)10(11(15)17-4)12(16)18-14/h9-10H,5-8H2,1-4H3. The molecule has 18 heavy (non-hydrogen) atoms. The van der Waals surface area contributed by atoms with Gasteiger partial charge < -0.3 is 9.47 Å². The molecule has 0 radical (unpaired) electrons. The first-order chi connectivity index (χ1) is 8.30. The lowest BCUT2D eigenvalue weighted by atomic mass is 9.63. The first-order valence-corrected chi connectivity index (χ1v) is 6.61. The average Bonchev–Trinajstić information content (AvgIpc) is 2.27. The fraction of sp³-hybridized carbons (Fsp3) is 0.857. The van der Waals surface area contributed by atoms with Gasteiger partial charge in [-0.05, 0) is 37.0 Å². The number of carbonyl (C=O) groups excluding carboxylic acids is 2. The Kier molecular flexibility index (Phi) is 3.16. The van der Waals surface area contributed by atoms with E-state index in [9.17, 15) is 9.59 Å². The zero-order valence-electron chi connectivity index (χ0n) is 11.6. The number of hydrogen-bond acceptors (Lipinski definition) is 4. The summed E-state index contributed by atoms with van der Waals surface area (Å²) in [6.45, 7) is 6.71. The predicted octanol–water partition coefficient (Wildman–Crippen LogP) is 2.31. The molecule has 2 fully saturated rings. The van der Waals surface area contributed by atoms with Crippen LogP contribution in [0.15, 0.2) is 0 Å². The maximum atomic E-state index is 11.6. The van der Waals surface area contributed by atoms with E-state index in [1.54, 1.807) is 0 Å². The molecule has 1 spiro atoms. The number of ether oxygens (including phenoxy) is 2. The molecule has 2 rings (SSSR count). The quantitative estimate of drug-likeness (QED) is 0.532. The Hall–Kier alpha value is -1.06. The molecule has 1 aliphatic heterocycles. The highest BCUT2D eigenvalue weighted by molar-refractivity contribution is 6.00. The second-order valence-corrected chi connectivity index (χ2v) is 6.58. The normalized spacial score (nSPS) is 35.9. The van der Waals surface area contributed by atoms with Gasteiger partial charge in [0, 0.05) is 0 Å². The maximum absolute atomic E-state index is 11.6. The van der Waals surface area contributed by atoms with Crippen LogP contribution in [0.5, 0.6) is 0 Å². The minimum absolute atomic E-state index is 0.274. The maximum Gasteiger partial charge on any atom is 0.325 e. The summed E-state index contributed by atoms with van der Waals surface area (Å²) in [5.41, 5.74) is -0.290. The largest absolute Gasteiger partial charge is 0.468 e. The van der Waals surface area contributed by atoms with Crippen molar-refractivity contribution in [3.05, 3.63) is 0 Å². The highest BCUT2D eigenvalue weighted by Crippen LogP contribution is 2.50. The zero-order valence-corrected chi connectivity index (χ0v) is 11.6. The molecule has 4 heteroatoms. The van der Waals surface area contributed by atoms with E-state index in [0.29, 0.717) is 5.92 Å². The molecule has 102 valence electrons. The summed E-state index contributed by atoms with van der Waals surface area (Å²) in [5, 5.41) is 0. The van der Waals surface area contributed by atoms with Crippen LogP contribution in [0.25, 0.3) is 0 Å². The third-order valence-corrected chi connectivity index (χ3v) is 4.56. The summed E-state index contributed by atoms with van der Waals surface area (Å²) in [4.78, 5) is 23.1. The summed E-state index contributed by atoms with van der Waals surface area (Å²) in [7, 11) is 1.32. The number of hydrogen-bond donors (Lipinski definition) is 0. The van der Waals surface area contributed by atoms with Crippen LogP contribution in [0.1, 0.15) is 46.5 Å². The average molecular weight is 254 g/mol. The summed E-state index contributed by atoms with van der Waals surface area (Å²) in [6, 6.07) is 0. The van der Waals surface area contributed by atoms with Gasteiger partial charge in [-0.25, -0.2) is 0 Å². The van der Waals surface area contributed by atoms with Crippen molar-refractivity contribution < 1.29 is 19.1 Å². The Morgan fingerprint density at radius 1 is 1.33 bits per heavy atom. The van der Waals surface area contributed by atoms with Gasteiger partial charge in [0.2, 0.25) is 0 Å². The molecule has 0 aromatic carbocycles. The van der Waals surface area contributed by atoms with Crippen LogP contribution in [0.3, 0.4) is 0 Å². The van der Waals surface area contributed by atoms with Crippen LogP contribution in [-0.4, -0.2) is 24.6 Å². The van der Waals surface area contributed by atoms with Crippen molar-refractivity contribution >= 4 is 11.9 Å². The SMILES string of the molecule is COC(=O)C1C(=O)OC12CCC(C(C)(C)C)CC2. The highest BCUT2D eigenvalue weighted by atomic mass is 16.6. The molecular formula is C14H22O4. The van der Waals surface area contributed by atoms with Crippen molar-refractivity contribution in [2.45, 2.75) is 52.1 Å². The molecule has 2 aliphatic rings. The molecule has 0 N–H and O–H groups in total. The molecule has 1 saturated carbocycles. The summed E-state index contributed by atoms with van der Waals surface area (Å²) in [6.07, 6.45) is 3.56. The van der Waals surface area contributed by atoms with Crippen molar-refractivity contribution in [1.29, 1.82) is 0 Å². The summed E-state index contributed by atoms with van der Waals surface area (Å²) < 4.78 is 10.0. The molecule has 0 aromatic heterocycles. The molecule has 0 bridgehead atoms. The Morgan fingerprint density at radius 2 is 1.89 bits per heavy atom. The molecule has 1 heterocycles. The van der Waals surface area contributed by atoms with E-state index in [4.69, 9.17) is 9.47 Å². The Balaban J connectivity index is 2.04. The fourth-order valence-corrected chi connectivity index (χ4v) is 3.27. The predicted molar refractivity (Wildman–Crippen MR) is 65.7 cm³/mol. The van der Waals surface area contributed by atoms with Gasteiger partial charge >= 0.3 is 11.9 Å². The van der Waals surface area contributed by atoms with Crippen LogP contribution in [0.4, 0.5) is 0 Å². The van der Waals surface area contributed by atoms with E-state index >= 15 is 0 Å². The zero-order chi connectivity index (χ0) is 13.6. The third kappa shape index (κ3) is 2.02. The molecule has 1 unspecified atom stereocenters. The Morgan fingerprint density at radius 3 is 2.28 bits per heavy atom. The van der Waals surface area contributed by atoms with E-state index in [1.165, 1.54) is 7.11 Å². The molecule has 1 saturated heterocycles. The molecule has 4 nitrogen and oxygen atoms in total. The van der Waals surface area contributed by atoms with E-state index in [2.05, 4.69) is 20.8 Å². The number of carbonyl (C=O) groups is 2. The van der Waals surface area contributed by atoms with Crippen molar-refractivity contribution in [3.63, 3.8) is 0 Å². The molecule has 1 aliphatic carbocycles. The lowest BCUT2D eigenvalue weighted by Crippen LogP contribution is -2.62. The number of rotatable bonds is 1. The van der Waals surface area contributed by atoms with Gasteiger partial charge in [0.05, 0.1) is 7.11 Å². The number of esters is 2. The first-order valence-electron chi connectivity index (χ1n) is 6.61. The molecule has 0 amide bonds. The van der Waals surface area contributed by atoms with E-state index in [1.807, 2.05) is 0 Å². The first kappa shape index (κ1) is 13.4. The van der Waals surface area contributed by atoms with Crippen molar-refractivity contribution in [2.24, 2.45) is 17.3 Å². The smallest absolute Gasteiger partial charge is 0.325 e. The second kappa shape index (κ2) is 4.25. The lowest BCUT2D eigenvalue weighted by molar-refractivity contribution is -0.227. The minimum Gasteiger partial charge on any atom is -0.468 e. The minimum atomic E-state index is -0.691. The van der Waals surface area contributed by atoms with Crippen LogP contribution in [0, 0.1) is 17.3 Å². The molecular weight excluding hydrogens is 232 g/mol. The van der Waals surface area contributed by atoms with Crippen molar-refractivity contribution in [1.82, 2.24) is 0 Å². The van der Waals surface area contributed by atoms with Crippen LogP contribution in [-0.2, 0) is 19.1 Å². The highest BCUT2D eigenvalue weighted by Gasteiger charge is 2.62. The van der Waals surface area contributed by atoms with Crippen LogP contribution >= 0.6 is 0 Å². The summed E-state index contributed by atoms with van der Waals surface area (Å²) in [5.74, 6) is -0.930. The van der Waals surface area contributed by atoms with E-state index in [0.717, 1.165) is 25.7 Å². The van der Waals surface area contributed by atoms with Gasteiger partial charge in [-0.1, -0.05) is 20.8 Å². The van der Waals surface area contributed by atoms with Gasteiger partial charge in [0.15, 0.2) is 5.92 Å². The van der Waals surface area contributed by atoms with Crippen molar-refractivity contribution in [2.75, 3.05) is 7.11 Å². The second-order valence-electron chi connectivity index (χ2n) is 6.58. The monoisotopic (exact) mass is 254 g/mol. The van der Waals surface area contributed by atoms with Gasteiger partial charge in [-0.3, -0.25) is 9.59 Å². The van der Waals surface area contributed by atoms with Gasteiger partial charge in [0.1, 0.15) is 5.60 Å². The number of methoxy groups -OCH3 is 1. The van der Waals surface area contributed by atoms with Gasteiger partial charge in [-0.15, -0.1) is 0 Å². The molecule has 0 aromatic rings. The molecule has 1 atom stereocenters. The third-order valence-electron chi connectivity index (χ3n) is 4.56. The topological polar surface area (TPSA) is 52.6 Å². The lowest BCUT2D eigenvalue weighted by Gasteiger charge is -2.51. The Labute approximate surface area is 108 Å². The fourth-order valence-electron chi connectivity index (χ4n) is 3.27. The van der Waals surface area contributed by atoms with Crippen LogP contribution < -0.4 is 0 Å². The Bertz CT molecular complexity index is 358. The van der Waals surface area contributed by atoms with Gasteiger partial charge in [0.25, 0.3) is 0 Å². The van der Waals surface area contributed by atoms with Crippen LogP contribution in [0.2, 0.25) is 0 Å². The van der Waals surface area contributed by atoms with E-state index in [-0.39, 0.29) is 5.41 Å².